The van der Waals surface area contributed by atoms with Crippen molar-refractivity contribution in [2.24, 2.45) is 0 Å². The van der Waals surface area contributed by atoms with Crippen LogP contribution in [0, 0.1) is 6.92 Å². The van der Waals surface area contributed by atoms with Gasteiger partial charge in [0.2, 0.25) is 6.41 Å². The van der Waals surface area contributed by atoms with Crippen molar-refractivity contribution < 1.29 is 9.59 Å². The van der Waals surface area contributed by atoms with Crippen molar-refractivity contribution in [1.29, 1.82) is 0 Å². The summed E-state index contributed by atoms with van der Waals surface area (Å²) in [6, 6.07) is 9.52. The van der Waals surface area contributed by atoms with Gasteiger partial charge in [-0.3, -0.25) is 14.6 Å². The Morgan fingerprint density at radius 2 is 1.81 bits per heavy atom. The van der Waals surface area contributed by atoms with Gasteiger partial charge in [-0.05, 0) is 51.1 Å². The maximum absolute atomic E-state index is 12.1. The van der Waals surface area contributed by atoms with Crippen molar-refractivity contribution in [3.8, 4) is 0 Å². The molecule has 2 rings (SSSR count). The van der Waals surface area contributed by atoms with Crippen LogP contribution < -0.4 is 4.90 Å². The van der Waals surface area contributed by atoms with E-state index in [1.807, 2.05) is 44.2 Å². The summed E-state index contributed by atoms with van der Waals surface area (Å²) in [5.41, 5.74) is 4.76. The first kappa shape index (κ1) is 24.6. The molecule has 0 unspecified atom stereocenters. The van der Waals surface area contributed by atoms with Crippen LogP contribution in [0.4, 0.5) is 5.69 Å². The van der Waals surface area contributed by atoms with Crippen LogP contribution in [0.25, 0.3) is 6.08 Å². The first-order chi connectivity index (χ1) is 14.8. The predicted molar refractivity (Wildman–Crippen MR) is 130 cm³/mol. The molecule has 2 amide bonds. The molecular formula is C24H31BrN4O2. The topological polar surface area (TPSA) is 56.8 Å². The fourth-order valence-electron chi connectivity index (χ4n) is 3.29. The van der Waals surface area contributed by atoms with Gasteiger partial charge in [-0.1, -0.05) is 27.6 Å². The van der Waals surface area contributed by atoms with E-state index in [0.29, 0.717) is 25.2 Å². The summed E-state index contributed by atoms with van der Waals surface area (Å²) in [7, 11) is 3.49. The molecular weight excluding hydrogens is 456 g/mol. The number of carbonyl (C=O) groups is 2. The second-order valence-corrected chi connectivity index (χ2v) is 8.54. The standard InChI is InChI=1S/C24H31BrN4O2/c1-6-29(21-9-7-20(8-10-21)24(31)27(4)5)14-13-28(17-30)16-18(2)15-22-19(3)26-12-11-23(22)25/h7-12,15,17H,6,13-14,16H2,1-5H3/b18-15+. The van der Waals surface area contributed by atoms with Gasteiger partial charge in [-0.2, -0.15) is 0 Å². The number of nitrogens with zero attached hydrogens (tertiary/aromatic N) is 4. The lowest BCUT2D eigenvalue weighted by Gasteiger charge is -2.27. The van der Waals surface area contributed by atoms with Crippen molar-refractivity contribution in [2.45, 2.75) is 20.8 Å². The van der Waals surface area contributed by atoms with Crippen LogP contribution in [0.15, 0.2) is 46.6 Å². The monoisotopic (exact) mass is 486 g/mol. The third kappa shape index (κ3) is 6.92. The van der Waals surface area contributed by atoms with Gasteiger partial charge in [0.05, 0.1) is 0 Å². The average Bonchev–Trinajstić information content (AvgIpc) is 2.75. The van der Waals surface area contributed by atoms with Crippen molar-refractivity contribution in [2.75, 3.05) is 45.2 Å². The van der Waals surface area contributed by atoms with E-state index in [4.69, 9.17) is 0 Å². The number of hydrogen-bond acceptors (Lipinski definition) is 4. The molecule has 0 bridgehead atoms. The molecule has 0 aliphatic heterocycles. The van der Waals surface area contributed by atoms with Crippen molar-refractivity contribution in [3.63, 3.8) is 0 Å². The molecule has 0 fully saturated rings. The molecule has 0 radical (unpaired) electrons. The van der Waals surface area contributed by atoms with Crippen LogP contribution in [0.1, 0.15) is 35.5 Å². The summed E-state index contributed by atoms with van der Waals surface area (Å²) in [6.07, 6.45) is 4.74. The number of carbonyl (C=O) groups excluding carboxylic acids is 2. The number of aryl methyl sites for hydroxylation is 1. The lowest BCUT2D eigenvalue weighted by atomic mass is 10.1. The first-order valence-corrected chi connectivity index (χ1v) is 11.1. The zero-order chi connectivity index (χ0) is 23.0. The van der Waals surface area contributed by atoms with Gasteiger partial charge in [0.25, 0.3) is 5.91 Å². The molecule has 0 N–H and O–H groups in total. The number of pyridine rings is 1. The Bertz CT molecular complexity index is 905. The SMILES string of the molecule is CCN(CCN(C=O)C/C(C)=C/c1c(Br)ccnc1C)c1ccc(C(=O)N(C)C)cc1. The molecule has 0 atom stereocenters. The van der Waals surface area contributed by atoms with E-state index >= 15 is 0 Å². The lowest BCUT2D eigenvalue weighted by Crippen LogP contribution is -2.35. The smallest absolute Gasteiger partial charge is 0.253 e. The number of benzene rings is 1. The maximum Gasteiger partial charge on any atom is 0.253 e. The normalized spacial score (nSPS) is 11.2. The Kier molecular flexibility index (Phi) is 9.24. The number of halogens is 1. The van der Waals surface area contributed by atoms with Gasteiger partial charge in [-0.15, -0.1) is 0 Å². The summed E-state index contributed by atoms with van der Waals surface area (Å²) in [6.45, 7) is 8.75. The van der Waals surface area contributed by atoms with Crippen LogP contribution in [0.5, 0.6) is 0 Å². The number of likely N-dealkylation sites (N-methyl/N-ethyl adjacent to an activating group) is 1. The Morgan fingerprint density at radius 3 is 2.35 bits per heavy atom. The van der Waals surface area contributed by atoms with E-state index in [2.05, 4.69) is 38.8 Å². The highest BCUT2D eigenvalue weighted by Crippen LogP contribution is 2.21. The van der Waals surface area contributed by atoms with Gasteiger partial charge in [0, 0.05) is 73.5 Å². The third-order valence-corrected chi connectivity index (χ3v) is 5.74. The highest BCUT2D eigenvalue weighted by molar-refractivity contribution is 9.10. The van der Waals surface area contributed by atoms with Crippen molar-refractivity contribution in [1.82, 2.24) is 14.8 Å². The molecule has 0 spiro atoms. The van der Waals surface area contributed by atoms with E-state index in [-0.39, 0.29) is 5.91 Å². The summed E-state index contributed by atoms with van der Waals surface area (Å²) in [4.78, 5) is 33.6. The molecule has 0 saturated carbocycles. The maximum atomic E-state index is 12.1. The summed E-state index contributed by atoms with van der Waals surface area (Å²) < 4.78 is 0.991. The fraction of sp³-hybridized carbons (Fsp3) is 0.375. The molecule has 31 heavy (non-hydrogen) atoms. The molecule has 6 nitrogen and oxygen atoms in total. The minimum absolute atomic E-state index is 0.0144. The van der Waals surface area contributed by atoms with E-state index < -0.39 is 0 Å². The molecule has 2 aromatic rings. The number of aromatic nitrogens is 1. The molecule has 7 heteroatoms. The van der Waals surface area contributed by atoms with Crippen LogP contribution in [0.2, 0.25) is 0 Å². The van der Waals surface area contributed by atoms with E-state index in [1.165, 1.54) is 0 Å². The third-order valence-electron chi connectivity index (χ3n) is 5.05. The number of amides is 2. The van der Waals surface area contributed by atoms with E-state index in [0.717, 1.165) is 39.9 Å². The van der Waals surface area contributed by atoms with Crippen molar-refractivity contribution in [3.05, 3.63) is 63.4 Å². The average molecular weight is 487 g/mol. The van der Waals surface area contributed by atoms with Crippen LogP contribution in [0.3, 0.4) is 0 Å². The Hall–Kier alpha value is -2.67. The number of hydrogen-bond donors (Lipinski definition) is 0. The molecule has 1 heterocycles. The Balaban J connectivity index is 2.02. The van der Waals surface area contributed by atoms with Crippen LogP contribution in [-0.4, -0.2) is 67.4 Å². The zero-order valence-electron chi connectivity index (χ0n) is 18.9. The lowest BCUT2D eigenvalue weighted by molar-refractivity contribution is -0.117. The molecule has 1 aromatic heterocycles. The largest absolute Gasteiger partial charge is 0.370 e. The van der Waals surface area contributed by atoms with Gasteiger partial charge < -0.3 is 14.7 Å². The second kappa shape index (κ2) is 11.6. The molecule has 166 valence electrons. The first-order valence-electron chi connectivity index (χ1n) is 10.3. The second-order valence-electron chi connectivity index (χ2n) is 7.68. The number of anilines is 1. The minimum Gasteiger partial charge on any atom is -0.370 e. The number of rotatable bonds is 10. The molecule has 0 saturated heterocycles. The highest BCUT2D eigenvalue weighted by atomic mass is 79.9. The van der Waals surface area contributed by atoms with Gasteiger partial charge in [0.1, 0.15) is 0 Å². The van der Waals surface area contributed by atoms with Crippen LogP contribution in [-0.2, 0) is 4.79 Å². The molecule has 0 aliphatic rings. The predicted octanol–water partition coefficient (Wildman–Crippen LogP) is 4.24. The van der Waals surface area contributed by atoms with Gasteiger partial charge in [-0.25, -0.2) is 0 Å². The molecule has 1 aromatic carbocycles. The fourth-order valence-corrected chi connectivity index (χ4v) is 3.81. The van der Waals surface area contributed by atoms with E-state index in [1.54, 1.807) is 30.1 Å². The highest BCUT2D eigenvalue weighted by Gasteiger charge is 2.11. The zero-order valence-corrected chi connectivity index (χ0v) is 20.5. The summed E-state index contributed by atoms with van der Waals surface area (Å²) in [5, 5.41) is 0. The molecule has 0 aliphatic carbocycles. The van der Waals surface area contributed by atoms with Crippen molar-refractivity contribution >= 4 is 40.0 Å². The van der Waals surface area contributed by atoms with E-state index in [9.17, 15) is 9.59 Å². The van der Waals surface area contributed by atoms with Crippen LogP contribution >= 0.6 is 15.9 Å². The van der Waals surface area contributed by atoms with Gasteiger partial charge in [0.15, 0.2) is 0 Å². The minimum atomic E-state index is -0.0144. The Labute approximate surface area is 193 Å². The summed E-state index contributed by atoms with van der Waals surface area (Å²) >= 11 is 3.57. The quantitative estimate of drug-likeness (QED) is 0.471. The Morgan fingerprint density at radius 1 is 1.13 bits per heavy atom. The van der Waals surface area contributed by atoms with Gasteiger partial charge >= 0.3 is 0 Å². The summed E-state index contributed by atoms with van der Waals surface area (Å²) in [5.74, 6) is -0.0144.